The van der Waals surface area contributed by atoms with E-state index in [0.29, 0.717) is 5.69 Å². The number of carbonyl (C=O) groups is 1. The Morgan fingerprint density at radius 2 is 2.04 bits per heavy atom. The summed E-state index contributed by atoms with van der Waals surface area (Å²) in [6.07, 6.45) is 0. The Morgan fingerprint density at radius 1 is 1.31 bits per heavy atom. The molecule has 1 saturated heterocycles. The van der Waals surface area contributed by atoms with Crippen LogP contribution in [0.2, 0.25) is 5.02 Å². The zero-order valence-corrected chi connectivity index (χ0v) is 17.5. The minimum atomic E-state index is -0.421. The van der Waals surface area contributed by atoms with Crippen molar-refractivity contribution < 1.29 is 9.18 Å². The summed E-state index contributed by atoms with van der Waals surface area (Å²) in [6, 6.07) is 7.91. The molecule has 1 atom stereocenters. The molecular formula is C18H20BrClFN3OS. The van der Waals surface area contributed by atoms with Gasteiger partial charge in [0, 0.05) is 37.6 Å². The van der Waals surface area contributed by atoms with Crippen molar-refractivity contribution in [2.24, 2.45) is 0 Å². The van der Waals surface area contributed by atoms with E-state index in [1.165, 1.54) is 23.1 Å². The fourth-order valence-electron chi connectivity index (χ4n) is 2.96. The van der Waals surface area contributed by atoms with Gasteiger partial charge < -0.3 is 5.32 Å². The molecule has 1 aliphatic rings. The number of benzene rings is 1. The van der Waals surface area contributed by atoms with Gasteiger partial charge in [0.15, 0.2) is 0 Å². The number of amides is 1. The van der Waals surface area contributed by atoms with Gasteiger partial charge in [0.25, 0.3) is 0 Å². The zero-order valence-electron chi connectivity index (χ0n) is 14.3. The van der Waals surface area contributed by atoms with Gasteiger partial charge in [-0.2, -0.15) is 0 Å². The predicted molar refractivity (Wildman–Crippen MR) is 108 cm³/mol. The third-order valence-corrected chi connectivity index (χ3v) is 6.45. The van der Waals surface area contributed by atoms with E-state index in [0.717, 1.165) is 36.5 Å². The molecule has 2 heterocycles. The molecule has 0 aliphatic carbocycles. The molecule has 4 nitrogen and oxygen atoms in total. The van der Waals surface area contributed by atoms with Crippen molar-refractivity contribution in [3.8, 4) is 0 Å². The summed E-state index contributed by atoms with van der Waals surface area (Å²) in [6.45, 7) is 6.33. The lowest BCUT2D eigenvalue weighted by Crippen LogP contribution is -2.52. The van der Waals surface area contributed by atoms with E-state index in [9.17, 15) is 9.18 Å². The Bertz CT molecular complexity index is 780. The Labute approximate surface area is 170 Å². The number of halogens is 3. The first-order chi connectivity index (χ1) is 12.4. The predicted octanol–water partition coefficient (Wildman–Crippen LogP) is 4.45. The van der Waals surface area contributed by atoms with Crippen molar-refractivity contribution in [1.82, 2.24) is 9.80 Å². The van der Waals surface area contributed by atoms with Crippen LogP contribution in [-0.2, 0) is 11.3 Å². The van der Waals surface area contributed by atoms with E-state index in [-0.39, 0.29) is 17.0 Å². The van der Waals surface area contributed by atoms with Crippen LogP contribution in [0, 0.1) is 5.82 Å². The number of anilines is 1. The van der Waals surface area contributed by atoms with Crippen molar-refractivity contribution in [2.45, 2.75) is 19.5 Å². The van der Waals surface area contributed by atoms with E-state index in [1.54, 1.807) is 11.3 Å². The van der Waals surface area contributed by atoms with Gasteiger partial charge in [-0.25, -0.2) is 4.39 Å². The van der Waals surface area contributed by atoms with Gasteiger partial charge >= 0.3 is 0 Å². The molecule has 1 unspecified atom stereocenters. The molecule has 1 N–H and O–H groups in total. The second-order valence-electron chi connectivity index (χ2n) is 6.31. The first-order valence-corrected chi connectivity index (χ1v) is 10.4. The summed E-state index contributed by atoms with van der Waals surface area (Å²) >= 11 is 11.2. The van der Waals surface area contributed by atoms with Gasteiger partial charge in [-0.1, -0.05) is 11.6 Å². The molecule has 1 aromatic heterocycles. The molecule has 140 valence electrons. The molecule has 1 aliphatic heterocycles. The van der Waals surface area contributed by atoms with E-state index >= 15 is 0 Å². The first kappa shape index (κ1) is 19.8. The van der Waals surface area contributed by atoms with Crippen LogP contribution in [0.5, 0.6) is 0 Å². The third kappa shape index (κ3) is 5.04. The highest BCUT2D eigenvalue weighted by Gasteiger charge is 2.26. The normalized spacial score (nSPS) is 17.2. The van der Waals surface area contributed by atoms with Gasteiger partial charge in [-0.3, -0.25) is 14.6 Å². The SMILES string of the molecule is CC(C(=O)Nc1ccc(F)cc1Cl)N1CCN(Cc2ccc(Br)s2)CC1. The molecule has 26 heavy (non-hydrogen) atoms. The Balaban J connectivity index is 1.51. The van der Waals surface area contributed by atoms with Gasteiger partial charge in [0.2, 0.25) is 5.91 Å². The van der Waals surface area contributed by atoms with Crippen molar-refractivity contribution >= 4 is 50.5 Å². The maximum absolute atomic E-state index is 13.1. The highest BCUT2D eigenvalue weighted by atomic mass is 79.9. The molecule has 0 spiro atoms. The van der Waals surface area contributed by atoms with Gasteiger partial charge in [-0.15, -0.1) is 11.3 Å². The van der Waals surface area contributed by atoms with Crippen LogP contribution < -0.4 is 5.32 Å². The van der Waals surface area contributed by atoms with Crippen molar-refractivity contribution in [1.29, 1.82) is 0 Å². The number of nitrogens with zero attached hydrogens (tertiary/aromatic N) is 2. The minimum Gasteiger partial charge on any atom is -0.323 e. The molecular weight excluding hydrogens is 441 g/mol. The number of thiophene rings is 1. The highest BCUT2D eigenvalue weighted by Crippen LogP contribution is 2.25. The molecule has 1 amide bonds. The van der Waals surface area contributed by atoms with Gasteiger partial charge in [0.1, 0.15) is 5.82 Å². The fourth-order valence-corrected chi connectivity index (χ4v) is 4.70. The molecule has 3 rings (SSSR count). The number of piperazine rings is 1. The zero-order chi connectivity index (χ0) is 18.7. The summed E-state index contributed by atoms with van der Waals surface area (Å²) in [4.78, 5) is 18.4. The molecule has 0 saturated carbocycles. The van der Waals surface area contributed by atoms with Crippen LogP contribution in [0.3, 0.4) is 0 Å². The highest BCUT2D eigenvalue weighted by molar-refractivity contribution is 9.11. The number of carbonyl (C=O) groups excluding carboxylic acids is 1. The number of nitrogens with one attached hydrogen (secondary N) is 1. The Morgan fingerprint density at radius 3 is 2.65 bits per heavy atom. The maximum atomic E-state index is 13.1. The van der Waals surface area contributed by atoms with Crippen LogP contribution in [0.25, 0.3) is 0 Å². The molecule has 8 heteroatoms. The lowest BCUT2D eigenvalue weighted by Gasteiger charge is -2.37. The van der Waals surface area contributed by atoms with Crippen molar-refractivity contribution in [3.05, 3.63) is 49.8 Å². The van der Waals surface area contributed by atoms with Crippen molar-refractivity contribution in [3.63, 3.8) is 0 Å². The van der Waals surface area contributed by atoms with Crippen molar-refractivity contribution in [2.75, 3.05) is 31.5 Å². The quantitative estimate of drug-likeness (QED) is 0.716. The second kappa shape index (κ2) is 8.80. The average molecular weight is 461 g/mol. The molecule has 1 aromatic carbocycles. The van der Waals surface area contributed by atoms with E-state index < -0.39 is 5.82 Å². The van der Waals surface area contributed by atoms with Crippen LogP contribution >= 0.6 is 38.9 Å². The van der Waals surface area contributed by atoms with Crippen LogP contribution in [0.1, 0.15) is 11.8 Å². The summed E-state index contributed by atoms with van der Waals surface area (Å²) < 4.78 is 14.3. The molecule has 0 radical (unpaired) electrons. The van der Waals surface area contributed by atoms with E-state index in [1.807, 2.05) is 6.92 Å². The first-order valence-electron chi connectivity index (χ1n) is 8.39. The fraction of sp³-hybridized carbons (Fsp3) is 0.389. The third-order valence-electron chi connectivity index (χ3n) is 4.53. The Hall–Kier alpha value is -0.990. The smallest absolute Gasteiger partial charge is 0.241 e. The maximum Gasteiger partial charge on any atom is 0.241 e. The van der Waals surface area contributed by atoms with Crippen LogP contribution in [-0.4, -0.2) is 47.9 Å². The summed E-state index contributed by atoms with van der Waals surface area (Å²) in [5.41, 5.74) is 0.437. The molecule has 2 aromatic rings. The topological polar surface area (TPSA) is 35.6 Å². The van der Waals surface area contributed by atoms with Gasteiger partial charge in [0.05, 0.1) is 20.5 Å². The van der Waals surface area contributed by atoms with E-state index in [2.05, 4.69) is 43.2 Å². The summed E-state index contributed by atoms with van der Waals surface area (Å²) in [5, 5.41) is 3.00. The lowest BCUT2D eigenvalue weighted by molar-refractivity contribution is -0.121. The minimum absolute atomic E-state index is 0.130. The van der Waals surface area contributed by atoms with Crippen LogP contribution in [0.15, 0.2) is 34.1 Å². The second-order valence-corrected chi connectivity index (χ2v) is 9.26. The summed E-state index contributed by atoms with van der Waals surface area (Å²) in [5.74, 6) is -0.552. The average Bonchev–Trinajstić information content (AvgIpc) is 3.02. The standard InChI is InChI=1S/C18H20BrClFN3OS/c1-12(18(25)22-16-4-2-13(21)10-15(16)20)24-8-6-23(7-9-24)11-14-3-5-17(19)26-14/h2-5,10,12H,6-9,11H2,1H3,(H,22,25). The molecule has 1 fully saturated rings. The lowest BCUT2D eigenvalue weighted by atomic mass is 10.2. The molecule has 0 bridgehead atoms. The largest absolute Gasteiger partial charge is 0.323 e. The van der Waals surface area contributed by atoms with Crippen LogP contribution in [0.4, 0.5) is 10.1 Å². The van der Waals surface area contributed by atoms with Gasteiger partial charge in [-0.05, 0) is 53.2 Å². The number of rotatable bonds is 5. The van der Waals surface area contributed by atoms with E-state index in [4.69, 9.17) is 11.6 Å². The number of hydrogen-bond donors (Lipinski definition) is 1. The summed E-state index contributed by atoms with van der Waals surface area (Å²) in [7, 11) is 0. The number of hydrogen-bond acceptors (Lipinski definition) is 4. The Kier molecular flexibility index (Phi) is 6.69. The monoisotopic (exact) mass is 459 g/mol.